The second-order valence-corrected chi connectivity index (χ2v) is 6.91. The van der Waals surface area contributed by atoms with Crippen LogP contribution >= 0.6 is 15.9 Å². The average molecular weight is 435 g/mol. The van der Waals surface area contributed by atoms with E-state index in [2.05, 4.69) is 26.2 Å². The molecule has 0 fully saturated rings. The van der Waals surface area contributed by atoms with Gasteiger partial charge in [0.2, 0.25) is 5.91 Å². The van der Waals surface area contributed by atoms with Gasteiger partial charge >= 0.3 is 0 Å². The minimum Gasteiger partial charge on any atom is -0.441 e. The molecule has 3 rings (SSSR count). The highest BCUT2D eigenvalue weighted by Gasteiger charge is 2.15. The smallest absolute Gasteiger partial charge is 0.220 e. The van der Waals surface area contributed by atoms with E-state index >= 15 is 0 Å². The van der Waals surface area contributed by atoms with Gasteiger partial charge in [-0.15, -0.1) is 0 Å². The van der Waals surface area contributed by atoms with Crippen molar-refractivity contribution in [1.82, 2.24) is 10.3 Å². The lowest BCUT2D eigenvalue weighted by atomic mass is 10.1. The van der Waals surface area contributed by atoms with Gasteiger partial charge in [-0.3, -0.25) is 4.79 Å². The van der Waals surface area contributed by atoms with Crippen molar-refractivity contribution in [3.05, 3.63) is 76.2 Å². The molecule has 0 saturated heterocycles. The number of hydrogen-bond donors (Lipinski definition) is 1. The van der Waals surface area contributed by atoms with Crippen LogP contribution in [0.4, 0.5) is 8.78 Å². The number of oxazole rings is 1. The highest BCUT2D eigenvalue weighted by molar-refractivity contribution is 9.10. The minimum absolute atomic E-state index is 0.127. The Morgan fingerprint density at radius 1 is 1.26 bits per heavy atom. The molecular formula is C20H17BrF2N2O2. The number of aromatic nitrogens is 1. The van der Waals surface area contributed by atoms with E-state index in [1.165, 1.54) is 12.3 Å². The summed E-state index contributed by atoms with van der Waals surface area (Å²) in [5, 5.41) is 2.92. The zero-order valence-electron chi connectivity index (χ0n) is 14.5. The Bertz CT molecular complexity index is 959. The summed E-state index contributed by atoms with van der Waals surface area (Å²) in [5.74, 6) is -1.02. The number of nitrogens with one attached hydrogen (secondary N) is 1. The van der Waals surface area contributed by atoms with Gasteiger partial charge < -0.3 is 9.73 Å². The maximum Gasteiger partial charge on any atom is 0.220 e. The predicted molar refractivity (Wildman–Crippen MR) is 101 cm³/mol. The molecule has 1 aromatic heterocycles. The van der Waals surface area contributed by atoms with Crippen LogP contribution in [0.3, 0.4) is 0 Å². The summed E-state index contributed by atoms with van der Waals surface area (Å²) in [7, 11) is 0. The Morgan fingerprint density at radius 3 is 2.78 bits per heavy atom. The monoisotopic (exact) mass is 434 g/mol. The molecule has 3 aromatic rings. The molecule has 0 aliphatic heterocycles. The molecule has 0 aliphatic carbocycles. The van der Waals surface area contributed by atoms with Gasteiger partial charge in [-0.1, -0.05) is 34.1 Å². The normalized spacial score (nSPS) is 12.0. The lowest BCUT2D eigenvalue weighted by Crippen LogP contribution is -2.27. The van der Waals surface area contributed by atoms with Gasteiger partial charge in [0.15, 0.2) is 11.7 Å². The number of amides is 1. The van der Waals surface area contributed by atoms with Crippen molar-refractivity contribution < 1.29 is 18.0 Å². The van der Waals surface area contributed by atoms with E-state index in [1.54, 1.807) is 0 Å². The van der Waals surface area contributed by atoms with Crippen LogP contribution in [0.1, 0.15) is 30.8 Å². The van der Waals surface area contributed by atoms with Crippen LogP contribution in [0.2, 0.25) is 0 Å². The number of carbonyl (C=O) groups is 1. The van der Waals surface area contributed by atoms with Crippen LogP contribution in [0.25, 0.3) is 11.3 Å². The fourth-order valence-corrected chi connectivity index (χ4v) is 3.31. The SMILES string of the molecule is C[C@@H](NC(=O)CCc1ncc(-c2ccc(F)cc2F)o1)c1ccccc1Br. The van der Waals surface area contributed by atoms with Gasteiger partial charge in [0, 0.05) is 23.4 Å². The predicted octanol–water partition coefficient (Wildman–Crippen LogP) is 5.19. The molecule has 0 spiro atoms. The van der Waals surface area contributed by atoms with E-state index in [0.717, 1.165) is 22.2 Å². The maximum atomic E-state index is 13.8. The van der Waals surface area contributed by atoms with E-state index in [-0.39, 0.29) is 36.1 Å². The van der Waals surface area contributed by atoms with Gasteiger partial charge in [0.25, 0.3) is 0 Å². The fraction of sp³-hybridized carbons (Fsp3) is 0.200. The molecule has 0 aliphatic rings. The van der Waals surface area contributed by atoms with Crippen molar-refractivity contribution in [2.45, 2.75) is 25.8 Å². The van der Waals surface area contributed by atoms with Gasteiger partial charge in [0.1, 0.15) is 11.6 Å². The Labute approximate surface area is 163 Å². The molecule has 0 saturated carbocycles. The van der Waals surface area contributed by atoms with Crippen molar-refractivity contribution in [3.8, 4) is 11.3 Å². The first kappa shape index (κ1) is 19.2. The third-order valence-corrected chi connectivity index (χ3v) is 4.79. The van der Waals surface area contributed by atoms with Crippen molar-refractivity contribution in [2.75, 3.05) is 0 Å². The van der Waals surface area contributed by atoms with Crippen LogP contribution in [0.5, 0.6) is 0 Å². The van der Waals surface area contributed by atoms with E-state index in [4.69, 9.17) is 4.42 Å². The number of nitrogens with zero attached hydrogens (tertiary/aromatic N) is 1. The summed E-state index contributed by atoms with van der Waals surface area (Å²) >= 11 is 3.47. The van der Waals surface area contributed by atoms with Gasteiger partial charge in [-0.2, -0.15) is 0 Å². The third-order valence-electron chi connectivity index (χ3n) is 4.07. The molecule has 140 valence electrons. The Morgan fingerprint density at radius 2 is 2.04 bits per heavy atom. The van der Waals surface area contributed by atoms with Gasteiger partial charge in [-0.05, 0) is 30.7 Å². The molecule has 27 heavy (non-hydrogen) atoms. The molecule has 2 aromatic carbocycles. The van der Waals surface area contributed by atoms with Crippen LogP contribution < -0.4 is 5.32 Å². The van der Waals surface area contributed by atoms with E-state index < -0.39 is 11.6 Å². The van der Waals surface area contributed by atoms with E-state index in [9.17, 15) is 13.6 Å². The van der Waals surface area contributed by atoms with Crippen molar-refractivity contribution >= 4 is 21.8 Å². The molecule has 0 bridgehead atoms. The largest absolute Gasteiger partial charge is 0.441 e. The van der Waals surface area contributed by atoms with Crippen molar-refractivity contribution in [1.29, 1.82) is 0 Å². The Hall–Kier alpha value is -2.54. The van der Waals surface area contributed by atoms with Crippen molar-refractivity contribution in [2.24, 2.45) is 0 Å². The number of hydrogen-bond acceptors (Lipinski definition) is 3. The summed E-state index contributed by atoms with van der Waals surface area (Å²) in [6.45, 7) is 1.90. The molecule has 0 radical (unpaired) electrons. The third kappa shape index (κ3) is 4.80. The first-order valence-electron chi connectivity index (χ1n) is 8.38. The zero-order chi connectivity index (χ0) is 19.4. The van der Waals surface area contributed by atoms with E-state index in [0.29, 0.717) is 5.89 Å². The van der Waals surface area contributed by atoms with Crippen LogP contribution in [0, 0.1) is 11.6 Å². The number of carbonyl (C=O) groups excluding carboxylic acids is 1. The Kier molecular flexibility index (Phi) is 6.01. The van der Waals surface area contributed by atoms with Crippen LogP contribution in [0.15, 0.2) is 57.6 Å². The lowest BCUT2D eigenvalue weighted by Gasteiger charge is -2.15. The number of halogens is 3. The standard InChI is InChI=1S/C20H17BrF2N2O2/c1-12(14-4-2-3-5-16(14)21)25-19(26)8-9-20-24-11-18(27-20)15-7-6-13(22)10-17(15)23/h2-7,10-12H,8-9H2,1H3,(H,25,26)/t12-/m1/s1. The number of rotatable bonds is 6. The molecule has 0 unspecified atom stereocenters. The second-order valence-electron chi connectivity index (χ2n) is 6.05. The van der Waals surface area contributed by atoms with Gasteiger partial charge in [0.05, 0.1) is 17.8 Å². The highest BCUT2D eigenvalue weighted by atomic mass is 79.9. The van der Waals surface area contributed by atoms with Crippen LogP contribution in [-0.4, -0.2) is 10.9 Å². The Balaban J connectivity index is 1.58. The zero-order valence-corrected chi connectivity index (χ0v) is 16.1. The van der Waals surface area contributed by atoms with E-state index in [1.807, 2.05) is 31.2 Å². The summed E-state index contributed by atoms with van der Waals surface area (Å²) in [6, 6.07) is 10.7. The molecule has 1 N–H and O–H groups in total. The second kappa shape index (κ2) is 8.43. The maximum absolute atomic E-state index is 13.8. The molecule has 7 heteroatoms. The number of aryl methyl sites for hydroxylation is 1. The quantitative estimate of drug-likeness (QED) is 0.580. The summed E-state index contributed by atoms with van der Waals surface area (Å²) in [6.07, 6.45) is 1.82. The van der Waals surface area contributed by atoms with Crippen molar-refractivity contribution in [3.63, 3.8) is 0 Å². The van der Waals surface area contributed by atoms with Crippen LogP contribution in [-0.2, 0) is 11.2 Å². The minimum atomic E-state index is -0.724. The molecule has 1 atom stereocenters. The summed E-state index contributed by atoms with van der Waals surface area (Å²) < 4.78 is 33.2. The molecule has 4 nitrogen and oxygen atoms in total. The molecule has 1 heterocycles. The fourth-order valence-electron chi connectivity index (χ4n) is 2.68. The first-order valence-corrected chi connectivity index (χ1v) is 9.17. The highest BCUT2D eigenvalue weighted by Crippen LogP contribution is 2.25. The lowest BCUT2D eigenvalue weighted by molar-refractivity contribution is -0.121. The van der Waals surface area contributed by atoms with Gasteiger partial charge in [-0.25, -0.2) is 13.8 Å². The molecule has 1 amide bonds. The summed E-state index contributed by atoms with van der Waals surface area (Å²) in [4.78, 5) is 16.2. The topological polar surface area (TPSA) is 55.1 Å². The summed E-state index contributed by atoms with van der Waals surface area (Å²) in [5.41, 5.74) is 1.11. The molecular weight excluding hydrogens is 418 g/mol. The number of benzene rings is 2. The average Bonchev–Trinajstić information content (AvgIpc) is 3.09. The first-order chi connectivity index (χ1) is 12.9.